The number of thiophene rings is 1. The molecule has 0 amide bonds. The van der Waals surface area contributed by atoms with Crippen LogP contribution in [-0.2, 0) is 0 Å². The van der Waals surface area contributed by atoms with E-state index in [-0.39, 0.29) is 5.95 Å². The van der Waals surface area contributed by atoms with Crippen molar-refractivity contribution in [1.82, 2.24) is 9.97 Å². The first-order valence-electron chi connectivity index (χ1n) is 3.00. The van der Waals surface area contributed by atoms with Crippen molar-refractivity contribution in [2.45, 2.75) is 0 Å². The van der Waals surface area contributed by atoms with Crippen LogP contribution in [-0.4, -0.2) is 15.2 Å². The van der Waals surface area contributed by atoms with E-state index in [1.165, 1.54) is 0 Å². The minimum atomic E-state index is 0.232. The predicted octanol–water partition coefficient (Wildman–Crippen LogP) is 1.49. The Morgan fingerprint density at radius 2 is 2.45 bits per heavy atom. The number of aromatic nitrogens is 2. The maximum absolute atomic E-state index is 8.46. The van der Waals surface area contributed by atoms with Crippen molar-refractivity contribution < 1.29 is 5.21 Å². The van der Waals surface area contributed by atoms with Crippen molar-refractivity contribution in [3.8, 4) is 0 Å². The van der Waals surface area contributed by atoms with Crippen molar-refractivity contribution >= 4 is 27.5 Å². The summed E-state index contributed by atoms with van der Waals surface area (Å²) >= 11 is 1.57. The van der Waals surface area contributed by atoms with Gasteiger partial charge in [0.2, 0.25) is 5.95 Å². The maximum atomic E-state index is 8.46. The van der Waals surface area contributed by atoms with Crippen LogP contribution in [0.4, 0.5) is 5.95 Å². The highest BCUT2D eigenvalue weighted by atomic mass is 32.1. The molecule has 0 bridgehead atoms. The van der Waals surface area contributed by atoms with Gasteiger partial charge >= 0.3 is 0 Å². The third kappa shape index (κ3) is 1.04. The molecule has 0 atom stereocenters. The second-order valence-electron chi connectivity index (χ2n) is 1.98. The number of rotatable bonds is 1. The summed E-state index contributed by atoms with van der Waals surface area (Å²) < 4.78 is 1.02. The monoisotopic (exact) mass is 167 g/mol. The fourth-order valence-corrected chi connectivity index (χ4v) is 1.51. The molecule has 0 spiro atoms. The van der Waals surface area contributed by atoms with Crippen LogP contribution in [0.25, 0.3) is 10.2 Å². The first kappa shape index (κ1) is 6.51. The van der Waals surface area contributed by atoms with Gasteiger partial charge in [-0.2, -0.15) is 0 Å². The van der Waals surface area contributed by atoms with E-state index in [4.69, 9.17) is 5.21 Å². The van der Waals surface area contributed by atoms with Gasteiger partial charge in [-0.15, -0.1) is 11.3 Å². The SMILES string of the molecule is ONc1ncc2sccc2n1. The van der Waals surface area contributed by atoms with E-state index in [2.05, 4.69) is 9.97 Å². The van der Waals surface area contributed by atoms with E-state index in [1.54, 1.807) is 17.5 Å². The molecule has 0 saturated carbocycles. The average molecular weight is 167 g/mol. The fourth-order valence-electron chi connectivity index (χ4n) is 0.820. The number of anilines is 1. The lowest BCUT2D eigenvalue weighted by atomic mass is 10.5. The Morgan fingerprint density at radius 3 is 3.27 bits per heavy atom. The molecule has 5 heteroatoms. The van der Waals surface area contributed by atoms with Gasteiger partial charge in [0.1, 0.15) is 0 Å². The first-order chi connectivity index (χ1) is 5.40. The van der Waals surface area contributed by atoms with Crippen LogP contribution >= 0.6 is 11.3 Å². The van der Waals surface area contributed by atoms with Crippen molar-refractivity contribution in [1.29, 1.82) is 0 Å². The molecule has 56 valence electrons. The predicted molar refractivity (Wildman–Crippen MR) is 42.8 cm³/mol. The Kier molecular flexibility index (Phi) is 1.45. The molecule has 0 saturated heterocycles. The molecular formula is C6H5N3OS. The first-order valence-corrected chi connectivity index (χ1v) is 3.88. The summed E-state index contributed by atoms with van der Waals surface area (Å²) in [5.74, 6) is 0.232. The normalized spacial score (nSPS) is 10.3. The third-order valence-corrected chi connectivity index (χ3v) is 2.14. The summed E-state index contributed by atoms with van der Waals surface area (Å²) in [6.45, 7) is 0. The minimum absolute atomic E-state index is 0.232. The molecule has 0 aromatic carbocycles. The van der Waals surface area contributed by atoms with Crippen molar-refractivity contribution in [3.63, 3.8) is 0 Å². The van der Waals surface area contributed by atoms with Gasteiger partial charge in [0.25, 0.3) is 0 Å². The van der Waals surface area contributed by atoms with Crippen LogP contribution in [0.5, 0.6) is 0 Å². The van der Waals surface area contributed by atoms with E-state index in [9.17, 15) is 0 Å². The summed E-state index contributed by atoms with van der Waals surface area (Å²) in [4.78, 5) is 7.83. The topological polar surface area (TPSA) is 58.0 Å². The zero-order valence-electron chi connectivity index (χ0n) is 5.48. The van der Waals surface area contributed by atoms with Crippen molar-refractivity contribution in [2.24, 2.45) is 0 Å². The van der Waals surface area contributed by atoms with E-state index in [1.807, 2.05) is 16.9 Å². The van der Waals surface area contributed by atoms with Crippen LogP contribution in [0.3, 0.4) is 0 Å². The third-order valence-electron chi connectivity index (χ3n) is 1.30. The molecule has 0 aliphatic carbocycles. The van der Waals surface area contributed by atoms with E-state index in [0.29, 0.717) is 0 Å². The Hall–Kier alpha value is -1.20. The Labute approximate surface area is 66.5 Å². The van der Waals surface area contributed by atoms with E-state index >= 15 is 0 Å². The minimum Gasteiger partial charge on any atom is -0.288 e. The highest BCUT2D eigenvalue weighted by Gasteiger charge is 1.97. The lowest BCUT2D eigenvalue weighted by Crippen LogP contribution is -1.94. The fraction of sp³-hybridized carbons (Fsp3) is 0. The summed E-state index contributed by atoms with van der Waals surface area (Å²) in [5, 5.41) is 10.4. The van der Waals surface area contributed by atoms with Crippen LogP contribution in [0.15, 0.2) is 17.6 Å². The highest BCUT2D eigenvalue weighted by Crippen LogP contribution is 2.17. The standard InChI is InChI=1S/C6H5N3OS/c10-9-6-7-3-5-4(8-6)1-2-11-5/h1-3,10H,(H,7,8,9). The van der Waals surface area contributed by atoms with Crippen molar-refractivity contribution in [2.75, 3.05) is 5.48 Å². The van der Waals surface area contributed by atoms with Crippen molar-refractivity contribution in [3.05, 3.63) is 17.6 Å². The van der Waals surface area contributed by atoms with E-state index in [0.717, 1.165) is 10.2 Å². The largest absolute Gasteiger partial charge is 0.288 e. The second-order valence-corrected chi connectivity index (χ2v) is 2.92. The molecule has 0 aliphatic rings. The summed E-state index contributed by atoms with van der Waals surface area (Å²) in [6.07, 6.45) is 1.67. The van der Waals surface area contributed by atoms with Crippen LogP contribution in [0, 0.1) is 0 Å². The molecule has 2 heterocycles. The quantitative estimate of drug-likeness (QED) is 0.632. The average Bonchev–Trinajstić information content (AvgIpc) is 2.50. The number of nitrogens with zero attached hydrogens (tertiary/aromatic N) is 2. The van der Waals surface area contributed by atoms with Gasteiger partial charge in [0.15, 0.2) is 0 Å². The van der Waals surface area contributed by atoms with Gasteiger partial charge in [-0.3, -0.25) is 5.21 Å². The zero-order valence-corrected chi connectivity index (χ0v) is 6.30. The van der Waals surface area contributed by atoms with Gasteiger partial charge in [0.05, 0.1) is 16.4 Å². The highest BCUT2D eigenvalue weighted by molar-refractivity contribution is 7.17. The molecule has 2 N–H and O–H groups in total. The molecular weight excluding hydrogens is 162 g/mol. The van der Waals surface area contributed by atoms with Gasteiger partial charge in [-0.05, 0) is 11.4 Å². The Balaban J connectivity index is 2.67. The smallest absolute Gasteiger partial charge is 0.247 e. The second kappa shape index (κ2) is 2.44. The zero-order chi connectivity index (χ0) is 7.68. The van der Waals surface area contributed by atoms with Crippen LogP contribution in [0.1, 0.15) is 0 Å². The Bertz CT molecular complexity index is 373. The number of fused-ring (bicyclic) bond motifs is 1. The summed E-state index contributed by atoms with van der Waals surface area (Å²) in [7, 11) is 0. The number of hydrogen-bond acceptors (Lipinski definition) is 5. The molecule has 4 nitrogen and oxygen atoms in total. The molecule has 11 heavy (non-hydrogen) atoms. The molecule has 2 rings (SSSR count). The van der Waals surface area contributed by atoms with Gasteiger partial charge in [0, 0.05) is 0 Å². The molecule has 2 aromatic rings. The van der Waals surface area contributed by atoms with Gasteiger partial charge < -0.3 is 0 Å². The Morgan fingerprint density at radius 1 is 1.55 bits per heavy atom. The number of hydrogen-bond donors (Lipinski definition) is 2. The molecule has 0 unspecified atom stereocenters. The maximum Gasteiger partial charge on any atom is 0.247 e. The number of nitrogens with one attached hydrogen (secondary N) is 1. The van der Waals surface area contributed by atoms with Gasteiger partial charge in [-0.25, -0.2) is 15.4 Å². The molecule has 0 radical (unpaired) electrons. The molecule has 0 aliphatic heterocycles. The lowest BCUT2D eigenvalue weighted by molar-refractivity contribution is 0.383. The summed E-state index contributed by atoms with van der Waals surface area (Å²) in [5.41, 5.74) is 2.74. The molecule has 2 aromatic heterocycles. The van der Waals surface area contributed by atoms with Crippen LogP contribution < -0.4 is 5.48 Å². The van der Waals surface area contributed by atoms with E-state index < -0.39 is 0 Å². The van der Waals surface area contributed by atoms with Gasteiger partial charge in [-0.1, -0.05) is 0 Å². The van der Waals surface area contributed by atoms with Crippen LogP contribution in [0.2, 0.25) is 0 Å². The lowest BCUT2D eigenvalue weighted by Gasteiger charge is -1.93. The molecule has 0 fully saturated rings. The summed E-state index contributed by atoms with van der Waals surface area (Å²) in [6, 6.07) is 1.88.